The lowest BCUT2D eigenvalue weighted by atomic mass is 10.1. The molecular weight excluding hydrogens is 354 g/mol. The van der Waals surface area contributed by atoms with Gasteiger partial charge in [0.15, 0.2) is 12.7 Å². The number of carbonyl (C=O) groups excluding carboxylic acids is 2. The number of benzene rings is 2. The molecule has 6 heteroatoms. The number of para-hydroxylation sites is 1. The van der Waals surface area contributed by atoms with Crippen LogP contribution in [0.3, 0.4) is 0 Å². The lowest BCUT2D eigenvalue weighted by molar-refractivity contribution is -0.155. The van der Waals surface area contributed by atoms with Crippen LogP contribution in [0.15, 0.2) is 48.5 Å². The maximum Gasteiger partial charge on any atom is 0.344 e. The fourth-order valence-corrected chi connectivity index (χ4v) is 3.26. The minimum atomic E-state index is -0.890. The lowest BCUT2D eigenvalue weighted by Crippen LogP contribution is -2.43. The normalized spacial score (nSPS) is 16.7. The maximum atomic E-state index is 12.8. The van der Waals surface area contributed by atoms with Gasteiger partial charge in [-0.15, -0.1) is 0 Å². The van der Waals surface area contributed by atoms with Gasteiger partial charge in [0.2, 0.25) is 0 Å². The molecule has 0 aliphatic carbocycles. The number of anilines is 1. The van der Waals surface area contributed by atoms with Crippen molar-refractivity contribution in [2.75, 3.05) is 11.5 Å². The molecule has 136 valence electrons. The Morgan fingerprint density at radius 1 is 1.23 bits per heavy atom. The molecule has 1 heterocycles. The summed E-state index contributed by atoms with van der Waals surface area (Å²) in [7, 11) is 0. The summed E-state index contributed by atoms with van der Waals surface area (Å²) in [6.45, 7) is 3.27. The van der Waals surface area contributed by atoms with Crippen LogP contribution in [-0.2, 0) is 20.7 Å². The number of halogens is 1. The first-order valence-electron chi connectivity index (χ1n) is 8.44. The van der Waals surface area contributed by atoms with Gasteiger partial charge in [-0.3, -0.25) is 4.79 Å². The molecule has 0 radical (unpaired) electrons. The van der Waals surface area contributed by atoms with Crippen LogP contribution < -0.4 is 9.64 Å². The number of carbonyl (C=O) groups is 2. The zero-order chi connectivity index (χ0) is 18.7. The summed E-state index contributed by atoms with van der Waals surface area (Å²) in [5.41, 5.74) is 2.00. The quantitative estimate of drug-likeness (QED) is 0.751. The van der Waals surface area contributed by atoms with Gasteiger partial charge in [0, 0.05) is 16.8 Å². The molecule has 2 aromatic carbocycles. The molecule has 1 aliphatic rings. The molecular formula is C20H20ClNO4. The Labute approximate surface area is 157 Å². The predicted octanol–water partition coefficient (Wildman–Crippen LogP) is 3.63. The van der Waals surface area contributed by atoms with Crippen molar-refractivity contribution in [2.24, 2.45) is 0 Å². The highest BCUT2D eigenvalue weighted by molar-refractivity contribution is 6.30. The fraction of sp³-hybridized carbons (Fsp3) is 0.300. The van der Waals surface area contributed by atoms with E-state index in [-0.39, 0.29) is 18.6 Å². The molecule has 0 aromatic heterocycles. The van der Waals surface area contributed by atoms with Crippen LogP contribution >= 0.6 is 11.6 Å². The van der Waals surface area contributed by atoms with Crippen molar-refractivity contribution in [3.05, 3.63) is 59.1 Å². The topological polar surface area (TPSA) is 55.8 Å². The summed E-state index contributed by atoms with van der Waals surface area (Å²) in [6.07, 6.45) is -0.0976. The summed E-state index contributed by atoms with van der Waals surface area (Å²) < 4.78 is 10.6. The lowest BCUT2D eigenvalue weighted by Gasteiger charge is -2.25. The third-order valence-electron chi connectivity index (χ3n) is 4.25. The third-order valence-corrected chi connectivity index (χ3v) is 4.49. The average Bonchev–Trinajstić information content (AvgIpc) is 2.95. The number of nitrogens with zero attached hydrogens (tertiary/aromatic N) is 1. The molecule has 0 fully saturated rings. The number of esters is 1. The Kier molecular flexibility index (Phi) is 5.47. The molecule has 0 N–H and O–H groups in total. The van der Waals surface area contributed by atoms with E-state index in [2.05, 4.69) is 0 Å². The summed E-state index contributed by atoms with van der Waals surface area (Å²) >= 11 is 5.87. The number of ether oxygens (including phenoxy) is 2. The Hall–Kier alpha value is -2.53. The Balaban J connectivity index is 1.58. The molecule has 3 rings (SSSR count). The van der Waals surface area contributed by atoms with Gasteiger partial charge in [-0.1, -0.05) is 35.9 Å². The average molecular weight is 374 g/mol. The third kappa shape index (κ3) is 3.99. The second-order valence-corrected chi connectivity index (χ2v) is 6.70. The molecule has 0 bridgehead atoms. The second kappa shape index (κ2) is 7.79. The van der Waals surface area contributed by atoms with Crippen molar-refractivity contribution in [3.63, 3.8) is 0 Å². The van der Waals surface area contributed by atoms with Gasteiger partial charge in [-0.2, -0.15) is 0 Å². The van der Waals surface area contributed by atoms with Crippen molar-refractivity contribution in [1.29, 1.82) is 0 Å². The van der Waals surface area contributed by atoms with Crippen LogP contribution in [0.5, 0.6) is 5.75 Å². The highest BCUT2D eigenvalue weighted by Gasteiger charge is 2.34. The van der Waals surface area contributed by atoms with E-state index in [4.69, 9.17) is 21.1 Å². The van der Waals surface area contributed by atoms with Crippen molar-refractivity contribution in [2.45, 2.75) is 32.4 Å². The van der Waals surface area contributed by atoms with E-state index in [0.717, 1.165) is 17.7 Å². The van der Waals surface area contributed by atoms with Crippen LogP contribution in [0.1, 0.15) is 19.4 Å². The Morgan fingerprint density at radius 3 is 2.77 bits per heavy atom. The minimum Gasteiger partial charge on any atom is -0.482 e. The first-order valence-corrected chi connectivity index (χ1v) is 8.82. The highest BCUT2D eigenvalue weighted by Crippen LogP contribution is 2.32. The van der Waals surface area contributed by atoms with E-state index >= 15 is 0 Å². The first kappa shape index (κ1) is 18.3. The smallest absolute Gasteiger partial charge is 0.344 e. The van der Waals surface area contributed by atoms with Crippen LogP contribution in [0, 0.1) is 0 Å². The molecule has 26 heavy (non-hydrogen) atoms. The van der Waals surface area contributed by atoms with Gasteiger partial charge < -0.3 is 14.4 Å². The van der Waals surface area contributed by atoms with Crippen LogP contribution in [-0.4, -0.2) is 30.6 Å². The number of rotatable bonds is 5. The standard InChI is InChI=1S/C20H20ClNO4/c1-13-10-15-6-3-4-9-18(15)22(13)20(24)14(2)26-19(23)12-25-17-8-5-7-16(21)11-17/h3-9,11,13-14H,10,12H2,1-2H3/t13-,14-/m1/s1. The van der Waals surface area contributed by atoms with Crippen LogP contribution in [0.2, 0.25) is 5.02 Å². The molecule has 1 aliphatic heterocycles. The summed E-state index contributed by atoms with van der Waals surface area (Å²) in [5.74, 6) is -0.375. The molecule has 0 unspecified atom stereocenters. The predicted molar refractivity (Wildman–Crippen MR) is 99.6 cm³/mol. The minimum absolute atomic E-state index is 0.0313. The number of hydrogen-bond donors (Lipinski definition) is 0. The van der Waals surface area contributed by atoms with Crippen LogP contribution in [0.25, 0.3) is 0 Å². The second-order valence-electron chi connectivity index (χ2n) is 6.27. The number of fused-ring (bicyclic) bond motifs is 1. The van der Waals surface area contributed by atoms with Crippen molar-refractivity contribution in [1.82, 2.24) is 0 Å². The first-order chi connectivity index (χ1) is 12.5. The molecule has 2 aromatic rings. The summed E-state index contributed by atoms with van der Waals surface area (Å²) in [4.78, 5) is 26.5. The largest absolute Gasteiger partial charge is 0.482 e. The van der Waals surface area contributed by atoms with E-state index in [1.807, 2.05) is 31.2 Å². The van der Waals surface area contributed by atoms with E-state index < -0.39 is 12.1 Å². The molecule has 2 atom stereocenters. The van der Waals surface area contributed by atoms with E-state index in [9.17, 15) is 9.59 Å². The monoisotopic (exact) mass is 373 g/mol. The molecule has 0 spiro atoms. The van der Waals surface area contributed by atoms with Crippen molar-refractivity contribution >= 4 is 29.2 Å². The van der Waals surface area contributed by atoms with Gasteiger partial charge in [0.1, 0.15) is 5.75 Å². The Morgan fingerprint density at radius 2 is 2.00 bits per heavy atom. The van der Waals surface area contributed by atoms with E-state index in [1.165, 1.54) is 0 Å². The summed E-state index contributed by atoms with van der Waals surface area (Å²) in [6, 6.07) is 14.5. The van der Waals surface area contributed by atoms with E-state index in [0.29, 0.717) is 10.8 Å². The highest BCUT2D eigenvalue weighted by atomic mass is 35.5. The molecule has 1 amide bonds. The van der Waals surface area contributed by atoms with Gasteiger partial charge in [0.05, 0.1) is 0 Å². The molecule has 0 saturated heterocycles. The van der Waals surface area contributed by atoms with Crippen molar-refractivity contribution < 1.29 is 19.1 Å². The van der Waals surface area contributed by atoms with Gasteiger partial charge in [-0.25, -0.2) is 4.79 Å². The van der Waals surface area contributed by atoms with Gasteiger partial charge in [0.25, 0.3) is 5.91 Å². The summed E-state index contributed by atoms with van der Waals surface area (Å²) in [5, 5.41) is 0.515. The van der Waals surface area contributed by atoms with Crippen molar-refractivity contribution in [3.8, 4) is 5.75 Å². The number of amides is 1. The molecule has 5 nitrogen and oxygen atoms in total. The maximum absolute atomic E-state index is 12.8. The van der Waals surface area contributed by atoms with E-state index in [1.54, 1.807) is 36.1 Å². The number of hydrogen-bond acceptors (Lipinski definition) is 4. The fourth-order valence-electron chi connectivity index (χ4n) is 3.08. The van der Waals surface area contributed by atoms with Gasteiger partial charge >= 0.3 is 5.97 Å². The Bertz CT molecular complexity index is 823. The zero-order valence-electron chi connectivity index (χ0n) is 14.6. The zero-order valence-corrected chi connectivity index (χ0v) is 15.4. The molecule has 0 saturated carbocycles. The SMILES string of the molecule is C[C@@H]1Cc2ccccc2N1C(=O)[C@@H](C)OC(=O)COc1cccc(Cl)c1. The van der Waals surface area contributed by atoms with Crippen LogP contribution in [0.4, 0.5) is 5.69 Å². The van der Waals surface area contributed by atoms with Gasteiger partial charge in [-0.05, 0) is 50.1 Å².